The van der Waals surface area contributed by atoms with Crippen LogP contribution in [0.2, 0.25) is 0 Å². The third kappa shape index (κ3) is 4.50. The number of aryl methyl sites for hydroxylation is 3. The number of aliphatic carboxylic acids is 1. The predicted octanol–water partition coefficient (Wildman–Crippen LogP) is 4.66. The van der Waals surface area contributed by atoms with Gasteiger partial charge in [-0.05, 0) is 56.2 Å². The van der Waals surface area contributed by atoms with E-state index in [-0.39, 0.29) is 23.5 Å². The smallest absolute Gasteiger partial charge is 0.480 e. The Balaban J connectivity index is 2.51. The highest BCUT2D eigenvalue weighted by Crippen LogP contribution is 2.44. The molecule has 7 nitrogen and oxygen atoms in total. The molecule has 0 amide bonds. The lowest BCUT2D eigenvalue weighted by atomic mass is 9.73. The van der Waals surface area contributed by atoms with E-state index in [1.54, 1.807) is 6.92 Å². The van der Waals surface area contributed by atoms with Gasteiger partial charge < -0.3 is 19.7 Å². The number of benzene rings is 1. The van der Waals surface area contributed by atoms with E-state index in [2.05, 4.69) is 20.8 Å². The molecular formula is C26H32N2O5. The maximum absolute atomic E-state index is 12.8. The zero-order valence-electron chi connectivity index (χ0n) is 20.3. The fourth-order valence-corrected chi connectivity index (χ4v) is 4.44. The van der Waals surface area contributed by atoms with Crippen LogP contribution in [0.4, 0.5) is 0 Å². The molecule has 1 aromatic carbocycles. The number of hydrogen-bond donors (Lipinski definition) is 2. The lowest BCUT2D eigenvalue weighted by Gasteiger charge is -2.31. The lowest BCUT2D eigenvalue weighted by Crippen LogP contribution is -2.36. The van der Waals surface area contributed by atoms with Crippen LogP contribution in [0.15, 0.2) is 37.9 Å². The minimum absolute atomic E-state index is 0.0511. The standard InChI is InChI=1S/C26H32N2O5/c1-14-8-10-17(11-9-14)20-18(13-27)19(12-25(4,5)6)28-15(2)21(20)26(7,23(29)30)22-16(3)32-24(31)33-22/h8-11H,12-13,27H2,1-7H3,(H,29,30). The predicted molar refractivity (Wildman–Crippen MR) is 126 cm³/mol. The topological polar surface area (TPSA) is 120 Å². The van der Waals surface area contributed by atoms with Gasteiger partial charge in [-0.15, -0.1) is 0 Å². The van der Waals surface area contributed by atoms with E-state index < -0.39 is 17.2 Å². The van der Waals surface area contributed by atoms with Gasteiger partial charge in [-0.25, -0.2) is 4.79 Å². The van der Waals surface area contributed by atoms with Crippen molar-refractivity contribution in [3.8, 4) is 11.1 Å². The fourth-order valence-electron chi connectivity index (χ4n) is 4.44. The van der Waals surface area contributed by atoms with E-state index in [9.17, 15) is 14.7 Å². The second kappa shape index (κ2) is 8.63. The molecule has 7 heteroatoms. The summed E-state index contributed by atoms with van der Waals surface area (Å²) in [5, 5.41) is 10.5. The van der Waals surface area contributed by atoms with Gasteiger partial charge >= 0.3 is 11.8 Å². The molecule has 0 aliphatic heterocycles. The monoisotopic (exact) mass is 452 g/mol. The summed E-state index contributed by atoms with van der Waals surface area (Å²) in [6, 6.07) is 7.85. The summed E-state index contributed by atoms with van der Waals surface area (Å²) < 4.78 is 10.3. The fraction of sp³-hybridized carbons (Fsp3) is 0.423. The van der Waals surface area contributed by atoms with Crippen LogP contribution in [0.3, 0.4) is 0 Å². The van der Waals surface area contributed by atoms with Crippen molar-refractivity contribution in [2.75, 3.05) is 0 Å². The van der Waals surface area contributed by atoms with E-state index >= 15 is 0 Å². The Hall–Kier alpha value is -3.19. The Morgan fingerprint density at radius 2 is 1.67 bits per heavy atom. The summed E-state index contributed by atoms with van der Waals surface area (Å²) in [6.45, 7) is 13.3. The minimum Gasteiger partial charge on any atom is -0.480 e. The molecule has 1 unspecified atom stereocenters. The number of aromatic nitrogens is 1. The molecule has 0 saturated heterocycles. The number of carboxylic acids is 1. The van der Waals surface area contributed by atoms with Gasteiger partial charge in [0.1, 0.15) is 5.76 Å². The molecule has 2 heterocycles. The molecule has 33 heavy (non-hydrogen) atoms. The van der Waals surface area contributed by atoms with Gasteiger partial charge in [0.25, 0.3) is 0 Å². The third-order valence-corrected chi connectivity index (χ3v) is 5.93. The number of nitrogens with two attached hydrogens (primary N) is 1. The van der Waals surface area contributed by atoms with Crippen LogP contribution >= 0.6 is 0 Å². The molecule has 0 aliphatic rings. The van der Waals surface area contributed by atoms with Crippen molar-refractivity contribution in [3.05, 3.63) is 74.5 Å². The van der Waals surface area contributed by atoms with E-state index in [4.69, 9.17) is 19.6 Å². The highest BCUT2D eigenvalue weighted by atomic mass is 16.6. The van der Waals surface area contributed by atoms with E-state index in [1.165, 1.54) is 13.8 Å². The highest BCUT2D eigenvalue weighted by Gasteiger charge is 2.47. The lowest BCUT2D eigenvalue weighted by molar-refractivity contribution is -0.142. The van der Waals surface area contributed by atoms with Crippen molar-refractivity contribution in [1.29, 1.82) is 0 Å². The summed E-state index contributed by atoms with van der Waals surface area (Å²) >= 11 is 0. The third-order valence-electron chi connectivity index (χ3n) is 5.93. The number of pyridine rings is 1. The van der Waals surface area contributed by atoms with Gasteiger partial charge in [0.05, 0.1) is 0 Å². The molecule has 0 radical (unpaired) electrons. The Bertz CT molecular complexity index is 1250. The average Bonchev–Trinajstić information content (AvgIpc) is 3.04. The zero-order valence-corrected chi connectivity index (χ0v) is 20.3. The summed E-state index contributed by atoms with van der Waals surface area (Å²) in [6.07, 6.45) is 0.670. The van der Waals surface area contributed by atoms with Crippen molar-refractivity contribution in [1.82, 2.24) is 4.98 Å². The summed E-state index contributed by atoms with van der Waals surface area (Å²) in [5.41, 5.74) is 9.69. The minimum atomic E-state index is -1.72. The number of hydrogen-bond acceptors (Lipinski definition) is 6. The molecule has 0 saturated carbocycles. The van der Waals surface area contributed by atoms with Crippen LogP contribution in [-0.4, -0.2) is 16.1 Å². The summed E-state index contributed by atoms with van der Waals surface area (Å²) in [4.78, 5) is 29.5. The van der Waals surface area contributed by atoms with E-state index in [0.29, 0.717) is 23.2 Å². The molecule has 3 aromatic rings. The SMILES string of the molecule is Cc1ccc(-c2c(CN)c(CC(C)(C)C)nc(C)c2C(C)(C(=O)O)c2oc(=O)oc2C)cc1. The van der Waals surface area contributed by atoms with Crippen molar-refractivity contribution in [2.45, 2.75) is 66.8 Å². The van der Waals surface area contributed by atoms with Crippen molar-refractivity contribution in [3.63, 3.8) is 0 Å². The highest BCUT2D eigenvalue weighted by molar-refractivity contribution is 5.90. The van der Waals surface area contributed by atoms with Gasteiger partial charge in [0.15, 0.2) is 11.2 Å². The summed E-state index contributed by atoms with van der Waals surface area (Å²) in [7, 11) is 0. The molecule has 0 spiro atoms. The van der Waals surface area contributed by atoms with Crippen LogP contribution in [0, 0.1) is 26.2 Å². The molecule has 0 aliphatic carbocycles. The first-order chi connectivity index (χ1) is 15.3. The first-order valence-electron chi connectivity index (χ1n) is 10.9. The molecule has 0 fully saturated rings. The van der Waals surface area contributed by atoms with Crippen LogP contribution in [0.25, 0.3) is 11.1 Å². The van der Waals surface area contributed by atoms with Crippen LogP contribution < -0.4 is 11.6 Å². The number of rotatable bonds is 6. The molecule has 1 atom stereocenters. The molecule has 3 rings (SSSR count). The second-order valence-corrected chi connectivity index (χ2v) is 9.95. The first kappa shape index (κ1) is 24.5. The van der Waals surface area contributed by atoms with Crippen LogP contribution in [0.5, 0.6) is 0 Å². The molecule has 176 valence electrons. The van der Waals surface area contributed by atoms with Gasteiger partial charge in [-0.1, -0.05) is 50.6 Å². The second-order valence-electron chi connectivity index (χ2n) is 9.95. The van der Waals surface area contributed by atoms with Gasteiger partial charge in [0, 0.05) is 23.5 Å². The normalized spacial score (nSPS) is 13.7. The molecular weight excluding hydrogens is 420 g/mol. The Labute approximate surface area is 193 Å². The van der Waals surface area contributed by atoms with Crippen molar-refractivity contribution >= 4 is 5.97 Å². The van der Waals surface area contributed by atoms with Gasteiger partial charge in [0.2, 0.25) is 0 Å². The summed E-state index contributed by atoms with van der Waals surface area (Å²) in [5.74, 6) is -2.06. The van der Waals surface area contributed by atoms with Gasteiger partial charge in [-0.2, -0.15) is 0 Å². The largest absolute Gasteiger partial charge is 0.519 e. The quantitative estimate of drug-likeness (QED) is 0.558. The Kier molecular flexibility index (Phi) is 6.40. The Morgan fingerprint density at radius 3 is 2.12 bits per heavy atom. The molecule has 0 bridgehead atoms. The maximum atomic E-state index is 12.8. The van der Waals surface area contributed by atoms with E-state index in [0.717, 1.165) is 22.4 Å². The average molecular weight is 453 g/mol. The number of nitrogens with zero attached hydrogens (tertiary/aromatic N) is 1. The molecule has 3 N–H and O–H groups in total. The number of carbonyl (C=O) groups is 1. The first-order valence-corrected chi connectivity index (χ1v) is 10.9. The maximum Gasteiger partial charge on any atom is 0.519 e. The Morgan fingerprint density at radius 1 is 1.06 bits per heavy atom. The van der Waals surface area contributed by atoms with Crippen molar-refractivity contribution < 1.29 is 18.7 Å². The van der Waals surface area contributed by atoms with Crippen LogP contribution in [0.1, 0.15) is 67.3 Å². The molecule has 2 aromatic heterocycles. The van der Waals surface area contributed by atoms with Gasteiger partial charge in [-0.3, -0.25) is 9.78 Å². The van der Waals surface area contributed by atoms with Crippen LogP contribution in [-0.2, 0) is 23.2 Å². The van der Waals surface area contributed by atoms with E-state index in [1.807, 2.05) is 31.2 Å². The van der Waals surface area contributed by atoms with Crippen molar-refractivity contribution in [2.24, 2.45) is 11.1 Å². The number of carboxylic acid groups (broad SMARTS) is 1. The zero-order chi connectivity index (χ0) is 24.7.